The Morgan fingerprint density at radius 2 is 1.71 bits per heavy atom. The molecule has 4 nitrogen and oxygen atoms in total. The van der Waals surface area contributed by atoms with Gasteiger partial charge in [-0.3, -0.25) is 9.59 Å². The average molecular weight is 384 g/mol. The molecule has 0 saturated heterocycles. The lowest BCUT2D eigenvalue weighted by Gasteiger charge is -2.56. The summed E-state index contributed by atoms with van der Waals surface area (Å²) < 4.78 is 5.40. The molecule has 4 fully saturated rings. The molecule has 0 radical (unpaired) electrons. The van der Waals surface area contributed by atoms with Gasteiger partial charge in [0.05, 0.1) is 6.42 Å². The van der Waals surface area contributed by atoms with Gasteiger partial charge in [0.25, 0.3) is 5.91 Å². The minimum atomic E-state index is -0.255. The number of carbonyl (C=O) groups is 2. The molecule has 0 heterocycles. The maximum Gasteiger partial charge on any atom is 0.306 e. The lowest BCUT2D eigenvalue weighted by Crippen LogP contribution is -2.47. The van der Waals surface area contributed by atoms with E-state index in [1.807, 2.05) is 25.1 Å². The Bertz CT molecular complexity index is 732. The van der Waals surface area contributed by atoms with Gasteiger partial charge in [-0.1, -0.05) is 32.0 Å². The summed E-state index contributed by atoms with van der Waals surface area (Å²) >= 11 is 0. The molecule has 4 aliphatic rings. The minimum Gasteiger partial charge on any atom is -0.456 e. The van der Waals surface area contributed by atoms with Crippen LogP contribution in [0.2, 0.25) is 0 Å². The van der Waals surface area contributed by atoms with E-state index in [1.54, 1.807) is 0 Å². The Hall–Kier alpha value is -1.84. The molecule has 1 aromatic carbocycles. The standard InChI is InChI=1S/C24H33NO3/c1-15(2)20-6-4-5-16(3)23(20)25-21(26)14-28-22(27)13-24-10-17-7-18(11-24)9-19(8-17)12-24/h4-6,15,17-19H,7-14H2,1-3H3,(H,25,26). The van der Waals surface area contributed by atoms with Crippen LogP contribution in [0.15, 0.2) is 18.2 Å². The number of aryl methyl sites for hydroxylation is 1. The van der Waals surface area contributed by atoms with Gasteiger partial charge in [-0.15, -0.1) is 0 Å². The lowest BCUT2D eigenvalue weighted by atomic mass is 9.49. The molecule has 0 aromatic heterocycles. The Morgan fingerprint density at radius 1 is 1.11 bits per heavy atom. The SMILES string of the molecule is Cc1cccc(C(C)C)c1NC(=O)COC(=O)CC12CC3CC(CC(C3)C1)C2. The molecule has 28 heavy (non-hydrogen) atoms. The molecule has 0 unspecified atom stereocenters. The highest BCUT2D eigenvalue weighted by molar-refractivity contribution is 5.94. The molecule has 4 bridgehead atoms. The fourth-order valence-corrected chi connectivity index (χ4v) is 6.53. The highest BCUT2D eigenvalue weighted by atomic mass is 16.5. The summed E-state index contributed by atoms with van der Waals surface area (Å²) in [6.07, 6.45) is 8.14. The third-order valence-electron chi connectivity index (χ3n) is 7.24. The van der Waals surface area contributed by atoms with Crippen molar-refractivity contribution in [1.82, 2.24) is 0 Å². The fraction of sp³-hybridized carbons (Fsp3) is 0.667. The first kappa shape index (κ1) is 19.5. The number of para-hydroxylation sites is 1. The molecule has 1 aromatic rings. The third-order valence-corrected chi connectivity index (χ3v) is 7.24. The van der Waals surface area contributed by atoms with Crippen molar-refractivity contribution in [2.45, 2.75) is 71.6 Å². The van der Waals surface area contributed by atoms with Crippen LogP contribution < -0.4 is 5.32 Å². The highest BCUT2D eigenvalue weighted by Gasteiger charge is 2.51. The molecule has 4 aliphatic carbocycles. The molecule has 4 heteroatoms. The van der Waals surface area contributed by atoms with E-state index in [-0.39, 0.29) is 23.9 Å². The van der Waals surface area contributed by atoms with Crippen molar-refractivity contribution < 1.29 is 14.3 Å². The quantitative estimate of drug-likeness (QED) is 0.686. The second-order valence-electron chi connectivity index (χ2n) is 10.00. The summed E-state index contributed by atoms with van der Waals surface area (Å²) in [5, 5.41) is 2.96. The molecule has 0 spiro atoms. The van der Waals surface area contributed by atoms with Gasteiger partial charge in [-0.25, -0.2) is 0 Å². The van der Waals surface area contributed by atoms with E-state index < -0.39 is 0 Å². The molecular weight excluding hydrogens is 350 g/mol. The second kappa shape index (κ2) is 7.53. The third kappa shape index (κ3) is 3.97. The summed E-state index contributed by atoms with van der Waals surface area (Å²) in [7, 11) is 0. The van der Waals surface area contributed by atoms with Gasteiger partial charge in [0.15, 0.2) is 6.61 Å². The van der Waals surface area contributed by atoms with E-state index in [2.05, 4.69) is 19.2 Å². The van der Waals surface area contributed by atoms with Crippen molar-refractivity contribution in [1.29, 1.82) is 0 Å². The largest absolute Gasteiger partial charge is 0.456 e. The fourth-order valence-electron chi connectivity index (χ4n) is 6.53. The molecule has 5 rings (SSSR count). The van der Waals surface area contributed by atoms with E-state index in [4.69, 9.17) is 4.74 Å². The lowest BCUT2D eigenvalue weighted by molar-refractivity contribution is -0.154. The predicted molar refractivity (Wildman–Crippen MR) is 110 cm³/mol. The topological polar surface area (TPSA) is 55.4 Å². The molecule has 1 N–H and O–H groups in total. The first-order chi connectivity index (χ1) is 13.3. The minimum absolute atomic E-state index is 0.156. The monoisotopic (exact) mass is 383 g/mol. The number of esters is 1. The summed E-state index contributed by atoms with van der Waals surface area (Å²) in [4.78, 5) is 24.9. The van der Waals surface area contributed by atoms with Gasteiger partial charge in [-0.05, 0) is 85.7 Å². The summed E-state index contributed by atoms with van der Waals surface area (Å²) in [6.45, 7) is 6.00. The van der Waals surface area contributed by atoms with Crippen molar-refractivity contribution in [2.75, 3.05) is 11.9 Å². The zero-order valence-corrected chi connectivity index (χ0v) is 17.4. The predicted octanol–water partition coefficient (Wildman–Crippen LogP) is 5.21. The summed E-state index contributed by atoms with van der Waals surface area (Å²) in [5.74, 6) is 2.31. The van der Waals surface area contributed by atoms with Crippen molar-refractivity contribution in [3.05, 3.63) is 29.3 Å². The molecule has 1 amide bonds. The van der Waals surface area contributed by atoms with Gasteiger partial charge in [0.2, 0.25) is 0 Å². The number of hydrogen-bond acceptors (Lipinski definition) is 3. The summed E-state index contributed by atoms with van der Waals surface area (Å²) in [5.41, 5.74) is 3.13. The molecule has 4 saturated carbocycles. The van der Waals surface area contributed by atoms with Gasteiger partial charge >= 0.3 is 5.97 Å². The van der Waals surface area contributed by atoms with Crippen LogP contribution in [0.25, 0.3) is 0 Å². The van der Waals surface area contributed by atoms with Crippen molar-refractivity contribution in [3.63, 3.8) is 0 Å². The number of rotatable bonds is 6. The van der Waals surface area contributed by atoms with Crippen molar-refractivity contribution in [3.8, 4) is 0 Å². The maximum absolute atomic E-state index is 12.5. The number of nitrogens with one attached hydrogen (secondary N) is 1. The zero-order chi connectivity index (χ0) is 19.9. The van der Waals surface area contributed by atoms with Crippen LogP contribution in [0.1, 0.15) is 75.8 Å². The first-order valence-corrected chi connectivity index (χ1v) is 10.9. The van der Waals surface area contributed by atoms with Gasteiger partial charge in [-0.2, -0.15) is 0 Å². The Morgan fingerprint density at radius 3 is 2.29 bits per heavy atom. The number of hydrogen-bond donors (Lipinski definition) is 1. The van der Waals surface area contributed by atoms with Crippen LogP contribution in [-0.4, -0.2) is 18.5 Å². The van der Waals surface area contributed by atoms with E-state index in [0.717, 1.165) is 34.6 Å². The van der Waals surface area contributed by atoms with E-state index in [1.165, 1.54) is 38.5 Å². The number of benzene rings is 1. The molecular formula is C24H33NO3. The number of ether oxygens (including phenoxy) is 1. The second-order valence-corrected chi connectivity index (χ2v) is 10.00. The maximum atomic E-state index is 12.5. The Kier molecular flexibility index (Phi) is 5.24. The normalized spacial score (nSPS) is 30.5. The van der Waals surface area contributed by atoms with Crippen LogP contribution in [0.4, 0.5) is 5.69 Å². The number of carbonyl (C=O) groups excluding carboxylic acids is 2. The van der Waals surface area contributed by atoms with Gasteiger partial charge in [0.1, 0.15) is 0 Å². The van der Waals surface area contributed by atoms with Crippen LogP contribution >= 0.6 is 0 Å². The Labute approximate surface area is 168 Å². The van der Waals surface area contributed by atoms with Gasteiger partial charge in [0, 0.05) is 5.69 Å². The van der Waals surface area contributed by atoms with Crippen LogP contribution in [0.3, 0.4) is 0 Å². The number of anilines is 1. The smallest absolute Gasteiger partial charge is 0.306 e. The van der Waals surface area contributed by atoms with Crippen molar-refractivity contribution >= 4 is 17.6 Å². The highest BCUT2D eigenvalue weighted by Crippen LogP contribution is 2.61. The van der Waals surface area contributed by atoms with Crippen molar-refractivity contribution in [2.24, 2.45) is 23.2 Å². The average Bonchev–Trinajstić information content (AvgIpc) is 2.60. The van der Waals surface area contributed by atoms with Gasteiger partial charge < -0.3 is 10.1 Å². The molecule has 0 atom stereocenters. The van der Waals surface area contributed by atoms with E-state index >= 15 is 0 Å². The first-order valence-electron chi connectivity index (χ1n) is 10.9. The van der Waals surface area contributed by atoms with Crippen LogP contribution in [0, 0.1) is 30.1 Å². The Balaban J connectivity index is 1.32. The summed E-state index contributed by atoms with van der Waals surface area (Å²) in [6, 6.07) is 6.03. The van der Waals surface area contributed by atoms with E-state index in [9.17, 15) is 9.59 Å². The van der Waals surface area contributed by atoms with Crippen LogP contribution in [0.5, 0.6) is 0 Å². The molecule has 0 aliphatic heterocycles. The molecule has 152 valence electrons. The van der Waals surface area contributed by atoms with Crippen LogP contribution in [-0.2, 0) is 14.3 Å². The number of amides is 1. The zero-order valence-electron chi connectivity index (χ0n) is 17.4. The van der Waals surface area contributed by atoms with E-state index in [0.29, 0.717) is 12.3 Å².